The van der Waals surface area contributed by atoms with Crippen molar-refractivity contribution in [1.29, 1.82) is 0 Å². The van der Waals surface area contributed by atoms with Crippen LogP contribution in [0.15, 0.2) is 18.2 Å². The number of amides is 1. The third-order valence-corrected chi connectivity index (χ3v) is 2.80. The summed E-state index contributed by atoms with van der Waals surface area (Å²) in [6.45, 7) is 4.67. The van der Waals surface area contributed by atoms with E-state index in [0.29, 0.717) is 25.1 Å². The standard InChI is InChI=1S/C15H22N2O3/c1-5-20-15(19)12-6-7-13(11(2)10-12)16-14(18)8-9-17(3)4/h6-7,10H,5,8-9H2,1-4H3,(H,16,18). The smallest absolute Gasteiger partial charge is 0.338 e. The number of ether oxygens (including phenoxy) is 1. The number of aryl methyl sites for hydroxylation is 1. The van der Waals surface area contributed by atoms with Crippen LogP contribution in [0.25, 0.3) is 0 Å². The van der Waals surface area contributed by atoms with E-state index in [1.54, 1.807) is 25.1 Å². The minimum absolute atomic E-state index is 0.0364. The Kier molecular flexibility index (Phi) is 6.18. The van der Waals surface area contributed by atoms with Gasteiger partial charge in [-0.2, -0.15) is 0 Å². The fourth-order valence-electron chi connectivity index (χ4n) is 1.68. The molecule has 20 heavy (non-hydrogen) atoms. The van der Waals surface area contributed by atoms with Crippen LogP contribution >= 0.6 is 0 Å². The number of benzene rings is 1. The average molecular weight is 278 g/mol. The normalized spacial score (nSPS) is 10.4. The first-order chi connectivity index (χ1) is 9.43. The molecule has 1 rings (SSSR count). The highest BCUT2D eigenvalue weighted by molar-refractivity contribution is 5.94. The van der Waals surface area contributed by atoms with Crippen LogP contribution in [0.2, 0.25) is 0 Å². The molecular formula is C15H22N2O3. The zero-order valence-electron chi connectivity index (χ0n) is 12.5. The van der Waals surface area contributed by atoms with Crippen molar-refractivity contribution >= 4 is 17.6 Å². The maximum absolute atomic E-state index is 11.8. The first-order valence-electron chi connectivity index (χ1n) is 6.66. The first-order valence-corrected chi connectivity index (χ1v) is 6.66. The monoisotopic (exact) mass is 278 g/mol. The molecule has 0 aliphatic carbocycles. The topological polar surface area (TPSA) is 58.6 Å². The van der Waals surface area contributed by atoms with E-state index in [-0.39, 0.29) is 11.9 Å². The van der Waals surface area contributed by atoms with E-state index in [9.17, 15) is 9.59 Å². The van der Waals surface area contributed by atoms with Gasteiger partial charge in [0.25, 0.3) is 0 Å². The number of carbonyl (C=O) groups is 2. The van der Waals surface area contributed by atoms with Crippen molar-refractivity contribution in [2.75, 3.05) is 32.6 Å². The summed E-state index contributed by atoms with van der Waals surface area (Å²) in [6, 6.07) is 5.11. The van der Waals surface area contributed by atoms with Crippen molar-refractivity contribution in [2.45, 2.75) is 20.3 Å². The lowest BCUT2D eigenvalue weighted by molar-refractivity contribution is -0.116. The zero-order valence-corrected chi connectivity index (χ0v) is 12.5. The summed E-state index contributed by atoms with van der Waals surface area (Å²) >= 11 is 0. The summed E-state index contributed by atoms with van der Waals surface area (Å²) in [7, 11) is 3.85. The number of rotatable bonds is 6. The molecule has 0 saturated heterocycles. The molecule has 1 aromatic carbocycles. The van der Waals surface area contributed by atoms with Gasteiger partial charge in [-0.1, -0.05) is 0 Å². The molecule has 0 aliphatic heterocycles. The van der Waals surface area contributed by atoms with Crippen molar-refractivity contribution in [2.24, 2.45) is 0 Å². The van der Waals surface area contributed by atoms with Gasteiger partial charge in [0.15, 0.2) is 0 Å². The summed E-state index contributed by atoms with van der Waals surface area (Å²) in [5.41, 5.74) is 2.06. The van der Waals surface area contributed by atoms with Gasteiger partial charge in [0, 0.05) is 18.7 Å². The first kappa shape index (κ1) is 16.2. The molecule has 0 bridgehead atoms. The van der Waals surface area contributed by atoms with Crippen molar-refractivity contribution in [3.63, 3.8) is 0 Å². The van der Waals surface area contributed by atoms with Crippen molar-refractivity contribution in [3.05, 3.63) is 29.3 Å². The van der Waals surface area contributed by atoms with Crippen LogP contribution < -0.4 is 5.32 Å². The predicted octanol–water partition coefficient (Wildman–Crippen LogP) is 2.06. The molecule has 0 saturated carbocycles. The second kappa shape index (κ2) is 7.65. The van der Waals surface area contributed by atoms with E-state index in [1.807, 2.05) is 25.9 Å². The number of nitrogens with zero attached hydrogens (tertiary/aromatic N) is 1. The van der Waals surface area contributed by atoms with Gasteiger partial charge < -0.3 is 15.0 Å². The van der Waals surface area contributed by atoms with Crippen LogP contribution in [0.1, 0.15) is 29.3 Å². The molecule has 0 radical (unpaired) electrons. The lowest BCUT2D eigenvalue weighted by Gasteiger charge is -2.12. The second-order valence-electron chi connectivity index (χ2n) is 4.85. The maximum Gasteiger partial charge on any atom is 0.338 e. The van der Waals surface area contributed by atoms with Crippen molar-refractivity contribution in [3.8, 4) is 0 Å². The molecule has 0 heterocycles. The molecule has 1 amide bonds. The molecule has 0 aromatic heterocycles. The van der Waals surface area contributed by atoms with E-state index in [0.717, 1.165) is 11.3 Å². The van der Waals surface area contributed by atoms with E-state index < -0.39 is 0 Å². The Morgan fingerprint density at radius 3 is 2.55 bits per heavy atom. The van der Waals surface area contributed by atoms with Crippen LogP contribution in [0.5, 0.6) is 0 Å². The fourth-order valence-corrected chi connectivity index (χ4v) is 1.68. The number of hydrogen-bond donors (Lipinski definition) is 1. The van der Waals surface area contributed by atoms with Gasteiger partial charge >= 0.3 is 5.97 Å². The molecule has 110 valence electrons. The summed E-state index contributed by atoms with van der Waals surface area (Å²) in [5, 5.41) is 2.85. The Hall–Kier alpha value is -1.88. The number of nitrogens with one attached hydrogen (secondary N) is 1. The van der Waals surface area contributed by atoms with Crippen molar-refractivity contribution in [1.82, 2.24) is 4.90 Å². The zero-order chi connectivity index (χ0) is 15.1. The molecule has 0 aliphatic rings. The van der Waals surface area contributed by atoms with Gasteiger partial charge in [0.05, 0.1) is 12.2 Å². The highest BCUT2D eigenvalue weighted by Crippen LogP contribution is 2.17. The van der Waals surface area contributed by atoms with Gasteiger partial charge in [-0.3, -0.25) is 4.79 Å². The molecule has 1 N–H and O–H groups in total. The second-order valence-corrected chi connectivity index (χ2v) is 4.85. The molecule has 5 heteroatoms. The Balaban J connectivity index is 2.68. The predicted molar refractivity (Wildman–Crippen MR) is 78.9 cm³/mol. The number of esters is 1. The van der Waals surface area contributed by atoms with Crippen LogP contribution in [0.4, 0.5) is 5.69 Å². The van der Waals surface area contributed by atoms with Gasteiger partial charge in [-0.25, -0.2) is 4.79 Å². The number of hydrogen-bond acceptors (Lipinski definition) is 4. The van der Waals surface area contributed by atoms with E-state index >= 15 is 0 Å². The Morgan fingerprint density at radius 2 is 2.00 bits per heavy atom. The van der Waals surface area contributed by atoms with Gasteiger partial charge in [0.1, 0.15) is 0 Å². The summed E-state index contributed by atoms with van der Waals surface area (Å²) < 4.78 is 4.94. The van der Waals surface area contributed by atoms with E-state index in [4.69, 9.17) is 4.74 Å². The molecule has 0 spiro atoms. The van der Waals surface area contributed by atoms with Crippen LogP contribution in [0, 0.1) is 6.92 Å². The van der Waals surface area contributed by atoms with Crippen LogP contribution in [-0.4, -0.2) is 44.0 Å². The third kappa shape index (κ3) is 5.01. The van der Waals surface area contributed by atoms with Crippen LogP contribution in [0.3, 0.4) is 0 Å². The molecule has 1 aromatic rings. The molecule has 0 fully saturated rings. The Morgan fingerprint density at radius 1 is 1.30 bits per heavy atom. The van der Waals surface area contributed by atoms with E-state index in [1.165, 1.54) is 0 Å². The molecular weight excluding hydrogens is 256 g/mol. The lowest BCUT2D eigenvalue weighted by atomic mass is 10.1. The summed E-state index contributed by atoms with van der Waals surface area (Å²) in [4.78, 5) is 25.3. The summed E-state index contributed by atoms with van der Waals surface area (Å²) in [5.74, 6) is -0.383. The highest BCUT2D eigenvalue weighted by Gasteiger charge is 2.10. The SMILES string of the molecule is CCOC(=O)c1ccc(NC(=O)CCN(C)C)c(C)c1. The highest BCUT2D eigenvalue weighted by atomic mass is 16.5. The van der Waals surface area contributed by atoms with Gasteiger partial charge in [-0.05, 0) is 51.7 Å². The quantitative estimate of drug-likeness (QED) is 0.809. The number of anilines is 1. The molecule has 5 nitrogen and oxygen atoms in total. The maximum atomic E-state index is 11.8. The fraction of sp³-hybridized carbons (Fsp3) is 0.467. The van der Waals surface area contributed by atoms with Gasteiger partial charge in [0.2, 0.25) is 5.91 Å². The average Bonchev–Trinajstić information content (AvgIpc) is 2.39. The van der Waals surface area contributed by atoms with Crippen LogP contribution in [-0.2, 0) is 9.53 Å². The Labute approximate surface area is 119 Å². The van der Waals surface area contributed by atoms with Crippen molar-refractivity contribution < 1.29 is 14.3 Å². The van der Waals surface area contributed by atoms with E-state index in [2.05, 4.69) is 5.32 Å². The number of carbonyl (C=O) groups excluding carboxylic acids is 2. The lowest BCUT2D eigenvalue weighted by Crippen LogP contribution is -2.21. The minimum Gasteiger partial charge on any atom is -0.462 e. The summed E-state index contributed by atoms with van der Waals surface area (Å²) in [6.07, 6.45) is 0.437. The minimum atomic E-state index is -0.346. The third-order valence-electron chi connectivity index (χ3n) is 2.80. The molecule has 0 atom stereocenters. The van der Waals surface area contributed by atoms with Gasteiger partial charge in [-0.15, -0.1) is 0 Å². The molecule has 0 unspecified atom stereocenters. The Bertz CT molecular complexity index is 484. The largest absolute Gasteiger partial charge is 0.462 e.